The molecule has 4 N–H and O–H groups in total. The summed E-state index contributed by atoms with van der Waals surface area (Å²) in [6, 6.07) is 10.3. The molecule has 2 aromatic rings. The van der Waals surface area contributed by atoms with Gasteiger partial charge < -0.3 is 11.5 Å². The molecule has 2 aromatic carbocycles. The van der Waals surface area contributed by atoms with Crippen molar-refractivity contribution < 1.29 is 0 Å². The molecule has 17 heavy (non-hydrogen) atoms. The van der Waals surface area contributed by atoms with E-state index in [-0.39, 0.29) is 0 Å². The van der Waals surface area contributed by atoms with Crippen molar-refractivity contribution in [1.29, 1.82) is 0 Å². The molecule has 0 saturated carbocycles. The maximum Gasteiger partial charge on any atom is 0.0352 e. The number of hydrogen-bond donors (Lipinski definition) is 2. The van der Waals surface area contributed by atoms with Crippen LogP contribution in [0.3, 0.4) is 0 Å². The van der Waals surface area contributed by atoms with E-state index in [1.54, 1.807) is 0 Å². The SMILES string of the molecule is Cc1ccc(-c2cc(C)c(C)c(N)c2)cc1N. The van der Waals surface area contributed by atoms with Gasteiger partial charge in [-0.1, -0.05) is 18.2 Å². The first-order chi connectivity index (χ1) is 7.99. The van der Waals surface area contributed by atoms with Gasteiger partial charge in [-0.3, -0.25) is 0 Å². The molecule has 0 radical (unpaired) electrons. The Hall–Kier alpha value is -1.96. The van der Waals surface area contributed by atoms with Crippen molar-refractivity contribution in [1.82, 2.24) is 0 Å². The summed E-state index contributed by atoms with van der Waals surface area (Å²) in [4.78, 5) is 0. The lowest BCUT2D eigenvalue weighted by Crippen LogP contribution is -1.95. The molecule has 0 aliphatic heterocycles. The number of rotatable bonds is 1. The first-order valence-corrected chi connectivity index (χ1v) is 5.72. The maximum atomic E-state index is 6.00. The van der Waals surface area contributed by atoms with Crippen LogP contribution in [0.2, 0.25) is 0 Å². The number of benzene rings is 2. The van der Waals surface area contributed by atoms with Gasteiger partial charge >= 0.3 is 0 Å². The van der Waals surface area contributed by atoms with Gasteiger partial charge in [0.2, 0.25) is 0 Å². The average Bonchev–Trinajstić information content (AvgIpc) is 2.29. The lowest BCUT2D eigenvalue weighted by atomic mass is 9.98. The number of anilines is 2. The standard InChI is InChI=1S/C15H18N2/c1-9-4-5-12(7-14(9)16)13-6-10(2)11(3)15(17)8-13/h4-8H,16-17H2,1-3H3. The Morgan fingerprint density at radius 3 is 1.94 bits per heavy atom. The van der Waals surface area contributed by atoms with Crippen molar-refractivity contribution in [2.45, 2.75) is 20.8 Å². The normalized spacial score (nSPS) is 10.5. The summed E-state index contributed by atoms with van der Waals surface area (Å²) >= 11 is 0. The molecule has 0 bridgehead atoms. The topological polar surface area (TPSA) is 52.0 Å². The quantitative estimate of drug-likeness (QED) is 0.732. The van der Waals surface area contributed by atoms with Crippen LogP contribution in [0.1, 0.15) is 16.7 Å². The van der Waals surface area contributed by atoms with Crippen LogP contribution in [-0.2, 0) is 0 Å². The molecule has 2 nitrogen and oxygen atoms in total. The van der Waals surface area contributed by atoms with Crippen LogP contribution in [0.5, 0.6) is 0 Å². The predicted octanol–water partition coefficient (Wildman–Crippen LogP) is 3.44. The van der Waals surface area contributed by atoms with E-state index in [0.717, 1.165) is 33.6 Å². The molecule has 0 saturated heterocycles. The highest BCUT2D eigenvalue weighted by Crippen LogP contribution is 2.28. The number of nitrogen functional groups attached to an aromatic ring is 2. The van der Waals surface area contributed by atoms with Crippen molar-refractivity contribution in [3.63, 3.8) is 0 Å². The second kappa shape index (κ2) is 4.13. The van der Waals surface area contributed by atoms with E-state index < -0.39 is 0 Å². The third-order valence-corrected chi connectivity index (χ3v) is 3.32. The third kappa shape index (κ3) is 2.11. The zero-order valence-corrected chi connectivity index (χ0v) is 10.5. The molecule has 2 heteroatoms. The van der Waals surface area contributed by atoms with E-state index >= 15 is 0 Å². The van der Waals surface area contributed by atoms with E-state index in [0.29, 0.717) is 0 Å². The molecule has 2 rings (SSSR count). The first kappa shape index (κ1) is 11.5. The number of aryl methyl sites for hydroxylation is 2. The summed E-state index contributed by atoms with van der Waals surface area (Å²) in [6.07, 6.45) is 0. The predicted molar refractivity (Wildman–Crippen MR) is 74.9 cm³/mol. The lowest BCUT2D eigenvalue weighted by Gasteiger charge is -2.10. The summed E-state index contributed by atoms with van der Waals surface area (Å²) in [6.45, 7) is 6.12. The molecule has 0 aliphatic carbocycles. The Morgan fingerprint density at radius 1 is 0.706 bits per heavy atom. The molecule has 0 amide bonds. The zero-order valence-electron chi connectivity index (χ0n) is 10.5. The van der Waals surface area contributed by atoms with Gasteiger partial charge in [0.1, 0.15) is 0 Å². The van der Waals surface area contributed by atoms with E-state index in [4.69, 9.17) is 11.5 Å². The highest BCUT2D eigenvalue weighted by molar-refractivity contribution is 5.73. The first-order valence-electron chi connectivity index (χ1n) is 5.72. The summed E-state index contributed by atoms with van der Waals surface area (Å²) in [5.41, 5.74) is 19.3. The molecular formula is C15H18N2. The van der Waals surface area contributed by atoms with Crippen LogP contribution in [-0.4, -0.2) is 0 Å². The second-order valence-electron chi connectivity index (χ2n) is 4.58. The van der Waals surface area contributed by atoms with Gasteiger partial charge in [-0.25, -0.2) is 0 Å². The van der Waals surface area contributed by atoms with Crippen LogP contribution in [0.15, 0.2) is 30.3 Å². The highest BCUT2D eigenvalue weighted by atomic mass is 14.6. The molecule has 0 aliphatic rings. The summed E-state index contributed by atoms with van der Waals surface area (Å²) in [7, 11) is 0. The Kier molecular flexibility index (Phi) is 2.80. The molecule has 88 valence electrons. The Balaban J connectivity index is 2.57. The van der Waals surface area contributed by atoms with E-state index in [9.17, 15) is 0 Å². The smallest absolute Gasteiger partial charge is 0.0352 e. The van der Waals surface area contributed by atoms with Crippen molar-refractivity contribution in [3.05, 3.63) is 47.0 Å². The second-order valence-corrected chi connectivity index (χ2v) is 4.58. The molecular weight excluding hydrogens is 208 g/mol. The van der Waals surface area contributed by atoms with Gasteiger partial charge in [0.15, 0.2) is 0 Å². The average molecular weight is 226 g/mol. The fourth-order valence-electron chi connectivity index (χ4n) is 1.87. The van der Waals surface area contributed by atoms with Crippen LogP contribution < -0.4 is 11.5 Å². The fraction of sp³-hybridized carbons (Fsp3) is 0.200. The Labute approximate surface area is 102 Å². The van der Waals surface area contributed by atoms with Crippen LogP contribution in [0.4, 0.5) is 11.4 Å². The van der Waals surface area contributed by atoms with E-state index in [2.05, 4.69) is 19.1 Å². The molecule has 0 heterocycles. The van der Waals surface area contributed by atoms with Crippen LogP contribution >= 0.6 is 0 Å². The molecule has 0 unspecified atom stereocenters. The minimum absolute atomic E-state index is 0.819. The van der Waals surface area contributed by atoms with Gasteiger partial charge in [0.25, 0.3) is 0 Å². The van der Waals surface area contributed by atoms with Crippen molar-refractivity contribution in [2.75, 3.05) is 11.5 Å². The lowest BCUT2D eigenvalue weighted by molar-refractivity contribution is 1.34. The van der Waals surface area contributed by atoms with Gasteiger partial charge in [0, 0.05) is 11.4 Å². The number of nitrogens with two attached hydrogens (primary N) is 2. The minimum atomic E-state index is 0.819. The Morgan fingerprint density at radius 2 is 1.35 bits per heavy atom. The molecule has 0 aromatic heterocycles. The van der Waals surface area contributed by atoms with E-state index in [1.807, 2.05) is 32.0 Å². The monoisotopic (exact) mass is 226 g/mol. The van der Waals surface area contributed by atoms with Crippen LogP contribution in [0.25, 0.3) is 11.1 Å². The molecule has 0 atom stereocenters. The number of hydrogen-bond acceptors (Lipinski definition) is 2. The van der Waals surface area contributed by atoms with Gasteiger partial charge in [-0.2, -0.15) is 0 Å². The largest absolute Gasteiger partial charge is 0.398 e. The van der Waals surface area contributed by atoms with Crippen LogP contribution in [0, 0.1) is 20.8 Å². The molecule has 0 spiro atoms. The highest BCUT2D eigenvalue weighted by Gasteiger charge is 2.05. The van der Waals surface area contributed by atoms with Crippen molar-refractivity contribution in [3.8, 4) is 11.1 Å². The maximum absolute atomic E-state index is 6.00. The van der Waals surface area contributed by atoms with Crippen molar-refractivity contribution in [2.24, 2.45) is 0 Å². The Bertz CT molecular complexity index is 548. The summed E-state index contributed by atoms with van der Waals surface area (Å²) < 4.78 is 0. The zero-order chi connectivity index (χ0) is 12.6. The minimum Gasteiger partial charge on any atom is -0.398 e. The van der Waals surface area contributed by atoms with Gasteiger partial charge in [-0.05, 0) is 60.7 Å². The summed E-state index contributed by atoms with van der Waals surface area (Å²) in [5.74, 6) is 0. The summed E-state index contributed by atoms with van der Waals surface area (Å²) in [5, 5.41) is 0. The molecule has 0 fully saturated rings. The third-order valence-electron chi connectivity index (χ3n) is 3.32. The van der Waals surface area contributed by atoms with Gasteiger partial charge in [-0.15, -0.1) is 0 Å². The van der Waals surface area contributed by atoms with Gasteiger partial charge in [0.05, 0.1) is 0 Å². The fourth-order valence-corrected chi connectivity index (χ4v) is 1.87. The van der Waals surface area contributed by atoms with E-state index in [1.165, 1.54) is 5.56 Å². The van der Waals surface area contributed by atoms with Crippen molar-refractivity contribution >= 4 is 11.4 Å².